The molecule has 2 aromatic carbocycles. The van der Waals surface area contributed by atoms with Crippen LogP contribution < -0.4 is 10.1 Å². The second-order valence-corrected chi connectivity index (χ2v) is 10.4. The highest BCUT2D eigenvalue weighted by atomic mass is 16.5. The summed E-state index contributed by atoms with van der Waals surface area (Å²) in [5.74, 6) is 0.463. The molecule has 8 heteroatoms. The molecule has 0 saturated carbocycles. The van der Waals surface area contributed by atoms with Gasteiger partial charge in [0, 0.05) is 36.7 Å². The van der Waals surface area contributed by atoms with E-state index >= 15 is 0 Å². The van der Waals surface area contributed by atoms with Crippen LogP contribution in [0.2, 0.25) is 0 Å². The van der Waals surface area contributed by atoms with Crippen LogP contribution in [-0.2, 0) is 41.2 Å². The number of amides is 2. The lowest BCUT2D eigenvalue weighted by molar-refractivity contribution is -0.137. The third-order valence-electron chi connectivity index (χ3n) is 6.68. The van der Waals surface area contributed by atoms with Crippen LogP contribution in [0.25, 0.3) is 0 Å². The minimum Gasteiger partial charge on any atom is -0.489 e. The first-order valence-electron chi connectivity index (χ1n) is 12.1. The molecule has 3 aromatic rings. The van der Waals surface area contributed by atoms with Gasteiger partial charge in [-0.05, 0) is 29.2 Å². The van der Waals surface area contributed by atoms with Gasteiger partial charge in [-0.2, -0.15) is 0 Å². The number of piperidine rings is 1. The Kier molecular flexibility index (Phi) is 6.15. The monoisotopic (exact) mass is 473 g/mol. The van der Waals surface area contributed by atoms with E-state index in [1.807, 2.05) is 23.0 Å². The number of carbonyl (C=O) groups excluding carboxylic acids is 2. The lowest BCUT2D eigenvalue weighted by atomic mass is 9.93. The average molecular weight is 474 g/mol. The van der Waals surface area contributed by atoms with Crippen LogP contribution in [0.3, 0.4) is 0 Å². The summed E-state index contributed by atoms with van der Waals surface area (Å²) in [5.41, 5.74) is 5.49. The molecule has 0 radical (unpaired) electrons. The summed E-state index contributed by atoms with van der Waals surface area (Å²) in [6.07, 6.45) is 2.95. The SMILES string of the molecule is CC(C)(C)c1cn(Cc2ccc(COc3cccc4c3CN(C3CCC(=O)NC3=O)C4)cc2)nn1. The van der Waals surface area contributed by atoms with E-state index < -0.39 is 0 Å². The number of carbonyl (C=O) groups is 2. The molecule has 0 bridgehead atoms. The lowest BCUT2D eigenvalue weighted by Crippen LogP contribution is -2.50. The highest BCUT2D eigenvalue weighted by Crippen LogP contribution is 2.34. The van der Waals surface area contributed by atoms with Gasteiger partial charge in [0.15, 0.2) is 0 Å². The van der Waals surface area contributed by atoms with Gasteiger partial charge in [0.05, 0.1) is 18.3 Å². The number of nitrogens with zero attached hydrogens (tertiary/aromatic N) is 4. The molecule has 35 heavy (non-hydrogen) atoms. The van der Waals surface area contributed by atoms with Gasteiger partial charge in [0.1, 0.15) is 12.4 Å². The van der Waals surface area contributed by atoms with Crippen molar-refractivity contribution in [1.82, 2.24) is 25.2 Å². The summed E-state index contributed by atoms with van der Waals surface area (Å²) >= 11 is 0. The molecule has 2 amide bonds. The van der Waals surface area contributed by atoms with Gasteiger partial charge in [-0.1, -0.05) is 62.4 Å². The maximum absolute atomic E-state index is 12.3. The van der Waals surface area contributed by atoms with Gasteiger partial charge in [0.2, 0.25) is 11.8 Å². The summed E-state index contributed by atoms with van der Waals surface area (Å²) in [6.45, 7) is 8.86. The zero-order chi connectivity index (χ0) is 24.6. The Bertz CT molecular complexity index is 1240. The Morgan fingerprint density at radius 2 is 1.83 bits per heavy atom. The Balaban J connectivity index is 1.20. The number of aromatic nitrogens is 3. The van der Waals surface area contributed by atoms with Crippen LogP contribution in [0.5, 0.6) is 5.75 Å². The number of rotatable bonds is 6. The van der Waals surface area contributed by atoms with E-state index in [0.29, 0.717) is 39.1 Å². The van der Waals surface area contributed by atoms with Crippen LogP contribution in [0, 0.1) is 0 Å². The lowest BCUT2D eigenvalue weighted by Gasteiger charge is -2.29. The fourth-order valence-corrected chi connectivity index (χ4v) is 4.61. The molecule has 8 nitrogen and oxygen atoms in total. The molecule has 1 fully saturated rings. The fraction of sp³-hybridized carbons (Fsp3) is 0.407. The summed E-state index contributed by atoms with van der Waals surface area (Å²) < 4.78 is 8.07. The van der Waals surface area contributed by atoms with Crippen molar-refractivity contribution >= 4 is 11.8 Å². The van der Waals surface area contributed by atoms with E-state index in [2.05, 4.69) is 71.6 Å². The van der Waals surface area contributed by atoms with Crippen LogP contribution in [0.15, 0.2) is 48.7 Å². The van der Waals surface area contributed by atoms with E-state index in [9.17, 15) is 9.59 Å². The van der Waals surface area contributed by atoms with Gasteiger partial charge < -0.3 is 4.74 Å². The van der Waals surface area contributed by atoms with Crippen LogP contribution >= 0.6 is 0 Å². The quantitative estimate of drug-likeness (QED) is 0.553. The van der Waals surface area contributed by atoms with Crippen molar-refractivity contribution in [2.24, 2.45) is 0 Å². The number of hydrogen-bond acceptors (Lipinski definition) is 6. The van der Waals surface area contributed by atoms with Gasteiger partial charge in [-0.15, -0.1) is 5.10 Å². The van der Waals surface area contributed by atoms with E-state index in [-0.39, 0.29) is 23.3 Å². The Morgan fingerprint density at radius 3 is 2.54 bits per heavy atom. The summed E-state index contributed by atoms with van der Waals surface area (Å²) in [6, 6.07) is 14.1. The predicted molar refractivity (Wildman–Crippen MR) is 130 cm³/mol. The number of fused-ring (bicyclic) bond motifs is 1. The second kappa shape index (κ2) is 9.26. The Morgan fingerprint density at radius 1 is 1.06 bits per heavy atom. The highest BCUT2D eigenvalue weighted by molar-refractivity contribution is 6.00. The first-order chi connectivity index (χ1) is 16.8. The minimum atomic E-state index is -0.273. The molecule has 1 saturated heterocycles. The molecule has 2 aliphatic heterocycles. The van der Waals surface area contributed by atoms with Crippen molar-refractivity contribution in [2.45, 2.75) is 71.3 Å². The number of hydrogen-bond donors (Lipinski definition) is 1. The molecular weight excluding hydrogens is 442 g/mol. The summed E-state index contributed by atoms with van der Waals surface area (Å²) in [4.78, 5) is 25.9. The van der Waals surface area contributed by atoms with Crippen molar-refractivity contribution in [3.63, 3.8) is 0 Å². The first-order valence-corrected chi connectivity index (χ1v) is 12.1. The molecule has 1 aromatic heterocycles. The largest absolute Gasteiger partial charge is 0.489 e. The smallest absolute Gasteiger partial charge is 0.243 e. The maximum Gasteiger partial charge on any atom is 0.243 e. The molecule has 1 atom stereocenters. The molecule has 0 spiro atoms. The second-order valence-electron chi connectivity index (χ2n) is 10.4. The third kappa shape index (κ3) is 5.12. The average Bonchev–Trinajstić information content (AvgIpc) is 3.46. The number of ether oxygens (including phenoxy) is 1. The standard InChI is InChI=1S/C27H31N5O3/c1-27(2,3)24-16-32(30-29-24)13-18-7-9-19(10-8-18)17-35-23-6-4-5-20-14-31(15-21(20)23)22-11-12-25(33)28-26(22)34/h4-10,16,22H,11-15,17H2,1-3H3,(H,28,33,34). The number of benzene rings is 2. The van der Waals surface area contributed by atoms with Crippen LogP contribution in [0.1, 0.15) is 61.6 Å². The Hall–Kier alpha value is -3.52. The van der Waals surface area contributed by atoms with E-state index in [4.69, 9.17) is 4.74 Å². The molecule has 3 heterocycles. The van der Waals surface area contributed by atoms with Crippen molar-refractivity contribution in [1.29, 1.82) is 0 Å². The van der Waals surface area contributed by atoms with Crippen molar-refractivity contribution in [3.05, 3.63) is 76.6 Å². The molecule has 1 N–H and O–H groups in total. The molecule has 1 unspecified atom stereocenters. The first kappa shape index (κ1) is 23.2. The zero-order valence-electron chi connectivity index (χ0n) is 20.5. The van der Waals surface area contributed by atoms with Gasteiger partial charge in [-0.25, -0.2) is 4.68 Å². The molecule has 5 rings (SSSR count). The number of imide groups is 1. The van der Waals surface area contributed by atoms with Gasteiger partial charge in [-0.3, -0.25) is 19.8 Å². The predicted octanol–water partition coefficient (Wildman–Crippen LogP) is 3.32. The van der Waals surface area contributed by atoms with Crippen LogP contribution in [0.4, 0.5) is 0 Å². The van der Waals surface area contributed by atoms with Gasteiger partial charge >= 0.3 is 0 Å². The zero-order valence-corrected chi connectivity index (χ0v) is 20.5. The fourth-order valence-electron chi connectivity index (χ4n) is 4.61. The highest BCUT2D eigenvalue weighted by Gasteiger charge is 2.35. The van der Waals surface area contributed by atoms with E-state index in [1.165, 1.54) is 5.56 Å². The molecule has 0 aliphatic carbocycles. The van der Waals surface area contributed by atoms with Crippen molar-refractivity contribution < 1.29 is 14.3 Å². The van der Waals surface area contributed by atoms with E-state index in [0.717, 1.165) is 28.1 Å². The summed E-state index contributed by atoms with van der Waals surface area (Å²) in [5, 5.41) is 11.0. The third-order valence-corrected chi connectivity index (χ3v) is 6.68. The maximum atomic E-state index is 12.3. The molecule has 182 valence electrons. The van der Waals surface area contributed by atoms with E-state index in [1.54, 1.807) is 0 Å². The minimum absolute atomic E-state index is 0.0179. The Labute approximate surface area is 205 Å². The van der Waals surface area contributed by atoms with Crippen LogP contribution in [-0.4, -0.2) is 37.7 Å². The van der Waals surface area contributed by atoms with Crippen molar-refractivity contribution in [3.8, 4) is 5.75 Å². The number of nitrogens with one attached hydrogen (secondary N) is 1. The normalized spacial score (nSPS) is 18.4. The van der Waals surface area contributed by atoms with Gasteiger partial charge in [0.25, 0.3) is 0 Å². The topological polar surface area (TPSA) is 89.4 Å². The molecular formula is C27H31N5O3. The molecule has 2 aliphatic rings. The summed E-state index contributed by atoms with van der Waals surface area (Å²) in [7, 11) is 0. The van der Waals surface area contributed by atoms with Crippen molar-refractivity contribution in [2.75, 3.05) is 0 Å².